The van der Waals surface area contributed by atoms with Gasteiger partial charge in [0.05, 0.1) is 17.0 Å². The van der Waals surface area contributed by atoms with Crippen molar-refractivity contribution in [2.75, 3.05) is 19.6 Å². The van der Waals surface area contributed by atoms with Gasteiger partial charge >= 0.3 is 0 Å². The number of nitrogens with zero attached hydrogens (tertiary/aromatic N) is 3. The van der Waals surface area contributed by atoms with Crippen molar-refractivity contribution in [3.63, 3.8) is 0 Å². The number of hydrogen-bond acceptors (Lipinski definition) is 3. The first kappa shape index (κ1) is 21.1. The number of nitro benzene ring substituents is 1. The highest BCUT2D eigenvalue weighted by Gasteiger charge is 2.26. The Morgan fingerprint density at radius 2 is 1.93 bits per heavy atom. The normalized spacial score (nSPS) is 16.7. The molecule has 2 aromatic carbocycles. The van der Waals surface area contributed by atoms with Crippen LogP contribution in [0.5, 0.6) is 0 Å². The summed E-state index contributed by atoms with van der Waals surface area (Å²) >= 11 is 0. The van der Waals surface area contributed by atoms with Crippen LogP contribution in [-0.4, -0.2) is 35.4 Å². The maximum Gasteiger partial charge on any atom is 0.274 e. The smallest absolute Gasteiger partial charge is 0.274 e. The van der Waals surface area contributed by atoms with E-state index in [0.29, 0.717) is 18.0 Å². The van der Waals surface area contributed by atoms with Crippen LogP contribution in [0.15, 0.2) is 59.6 Å². The average molecular weight is 480 g/mol. The molecule has 0 aromatic heterocycles. The molecule has 1 saturated heterocycles. The topological polar surface area (TPSA) is 70.8 Å². The maximum absolute atomic E-state index is 11.2. The summed E-state index contributed by atoms with van der Waals surface area (Å²) in [6.45, 7) is 4.94. The summed E-state index contributed by atoms with van der Waals surface area (Å²) in [7, 11) is 0. The number of para-hydroxylation sites is 1. The van der Waals surface area contributed by atoms with Crippen molar-refractivity contribution >= 4 is 35.6 Å². The maximum atomic E-state index is 11.2. The van der Waals surface area contributed by atoms with Crippen molar-refractivity contribution in [3.05, 3.63) is 75.8 Å². The molecule has 0 radical (unpaired) electrons. The first-order valence-corrected chi connectivity index (χ1v) is 8.99. The molecule has 144 valence electrons. The number of nitrogens with one attached hydrogen (secondary N) is 1. The molecule has 0 saturated carbocycles. The predicted octanol–water partition coefficient (Wildman–Crippen LogP) is 4.17. The Hall–Kier alpha value is -2.16. The Kier molecular flexibility index (Phi) is 8.02. The Bertz CT molecular complexity index is 783. The van der Waals surface area contributed by atoms with E-state index in [1.165, 1.54) is 11.6 Å². The molecule has 7 heteroatoms. The van der Waals surface area contributed by atoms with Crippen molar-refractivity contribution in [2.45, 2.75) is 25.8 Å². The van der Waals surface area contributed by atoms with Gasteiger partial charge in [-0.25, -0.2) is 4.99 Å². The molecule has 1 heterocycles. The van der Waals surface area contributed by atoms with E-state index in [-0.39, 0.29) is 34.6 Å². The summed E-state index contributed by atoms with van der Waals surface area (Å²) in [5.41, 5.74) is 2.10. The van der Waals surface area contributed by atoms with Gasteiger partial charge in [-0.15, -0.1) is 24.0 Å². The second kappa shape index (κ2) is 10.2. The van der Waals surface area contributed by atoms with Gasteiger partial charge < -0.3 is 10.2 Å². The minimum atomic E-state index is -0.348. The fraction of sp³-hybridized carbons (Fsp3) is 0.350. The Balaban J connectivity index is 0.00000261. The lowest BCUT2D eigenvalue weighted by Gasteiger charge is -2.21. The molecule has 1 aliphatic heterocycles. The van der Waals surface area contributed by atoms with Gasteiger partial charge in [0.1, 0.15) is 0 Å². The molecule has 0 aliphatic carbocycles. The van der Waals surface area contributed by atoms with E-state index >= 15 is 0 Å². The van der Waals surface area contributed by atoms with E-state index in [1.54, 1.807) is 12.1 Å². The summed E-state index contributed by atoms with van der Waals surface area (Å²) in [6, 6.07) is 17.3. The molecular formula is C20H25IN4O2. The van der Waals surface area contributed by atoms with Crippen LogP contribution in [-0.2, 0) is 6.54 Å². The molecule has 0 amide bonds. The number of hydrogen-bond donors (Lipinski definition) is 1. The summed E-state index contributed by atoms with van der Waals surface area (Å²) in [5.74, 6) is 1.31. The summed E-state index contributed by atoms with van der Waals surface area (Å²) in [4.78, 5) is 17.7. The van der Waals surface area contributed by atoms with Crippen molar-refractivity contribution < 1.29 is 4.92 Å². The van der Waals surface area contributed by atoms with Crippen LogP contribution >= 0.6 is 24.0 Å². The quantitative estimate of drug-likeness (QED) is 0.229. The summed E-state index contributed by atoms with van der Waals surface area (Å²) in [5, 5.41) is 14.5. The van der Waals surface area contributed by atoms with Crippen molar-refractivity contribution in [2.24, 2.45) is 4.99 Å². The molecule has 1 aliphatic rings. The minimum Gasteiger partial charge on any atom is -0.357 e. The van der Waals surface area contributed by atoms with E-state index in [1.807, 2.05) is 19.1 Å². The first-order chi connectivity index (χ1) is 12.7. The van der Waals surface area contributed by atoms with Gasteiger partial charge in [-0.2, -0.15) is 0 Å². The van der Waals surface area contributed by atoms with E-state index in [0.717, 1.165) is 32.0 Å². The highest BCUT2D eigenvalue weighted by molar-refractivity contribution is 14.0. The van der Waals surface area contributed by atoms with Crippen molar-refractivity contribution in [1.82, 2.24) is 10.2 Å². The molecule has 0 spiro atoms. The fourth-order valence-corrected chi connectivity index (χ4v) is 3.36. The molecule has 27 heavy (non-hydrogen) atoms. The zero-order chi connectivity index (χ0) is 18.4. The van der Waals surface area contributed by atoms with Gasteiger partial charge in [0.2, 0.25) is 0 Å². The lowest BCUT2D eigenvalue weighted by Crippen LogP contribution is -2.40. The number of halogens is 1. The van der Waals surface area contributed by atoms with Gasteiger partial charge in [-0.3, -0.25) is 10.1 Å². The zero-order valence-corrected chi connectivity index (χ0v) is 17.7. The second-order valence-electron chi connectivity index (χ2n) is 6.40. The van der Waals surface area contributed by atoms with Crippen molar-refractivity contribution in [3.8, 4) is 0 Å². The van der Waals surface area contributed by atoms with E-state index in [9.17, 15) is 10.1 Å². The van der Waals surface area contributed by atoms with Crippen LogP contribution in [0.1, 0.15) is 30.4 Å². The number of benzene rings is 2. The second-order valence-corrected chi connectivity index (χ2v) is 6.40. The Morgan fingerprint density at radius 1 is 1.22 bits per heavy atom. The van der Waals surface area contributed by atoms with Crippen molar-refractivity contribution in [1.29, 1.82) is 0 Å². The van der Waals surface area contributed by atoms with Gasteiger partial charge in [0, 0.05) is 31.6 Å². The third-order valence-electron chi connectivity index (χ3n) is 4.68. The molecule has 1 atom stereocenters. The SMILES string of the molecule is CCNC(=NCc1ccccc1[N+](=O)[O-])N1CCC(c2ccccc2)C1.I. The minimum absolute atomic E-state index is 0. The number of likely N-dealkylation sites (tertiary alicyclic amines) is 1. The number of nitro groups is 1. The predicted molar refractivity (Wildman–Crippen MR) is 119 cm³/mol. The molecule has 1 unspecified atom stereocenters. The highest BCUT2D eigenvalue weighted by atomic mass is 127. The largest absolute Gasteiger partial charge is 0.357 e. The van der Waals surface area contributed by atoms with Crippen LogP contribution in [0.3, 0.4) is 0 Å². The number of guanidine groups is 1. The molecule has 6 nitrogen and oxygen atoms in total. The zero-order valence-electron chi connectivity index (χ0n) is 15.4. The highest BCUT2D eigenvalue weighted by Crippen LogP contribution is 2.27. The monoisotopic (exact) mass is 480 g/mol. The average Bonchev–Trinajstić information content (AvgIpc) is 3.16. The molecule has 1 fully saturated rings. The molecule has 2 aromatic rings. The van der Waals surface area contributed by atoms with Gasteiger partial charge in [0.25, 0.3) is 5.69 Å². The summed E-state index contributed by atoms with van der Waals surface area (Å²) in [6.07, 6.45) is 1.08. The van der Waals surface area contributed by atoms with E-state index in [2.05, 4.69) is 39.5 Å². The summed E-state index contributed by atoms with van der Waals surface area (Å²) < 4.78 is 0. The number of rotatable bonds is 5. The van der Waals surface area contributed by atoms with E-state index in [4.69, 9.17) is 0 Å². The first-order valence-electron chi connectivity index (χ1n) is 8.99. The third kappa shape index (κ3) is 5.41. The van der Waals surface area contributed by atoms with Crippen LogP contribution < -0.4 is 5.32 Å². The van der Waals surface area contributed by atoms with Crippen LogP contribution in [0.25, 0.3) is 0 Å². The standard InChI is InChI=1S/C20H24N4O2.HI/c1-2-21-20(22-14-17-10-6-7-11-19(17)24(25)26)23-13-12-18(15-23)16-8-4-3-5-9-16;/h3-11,18H,2,12-15H2,1H3,(H,21,22);1H. The molecule has 1 N–H and O–H groups in total. The van der Waals surface area contributed by atoms with Gasteiger partial charge in [0.15, 0.2) is 5.96 Å². The van der Waals surface area contributed by atoms with Crippen LogP contribution in [0.4, 0.5) is 5.69 Å². The molecular weight excluding hydrogens is 455 g/mol. The van der Waals surface area contributed by atoms with Gasteiger partial charge in [-0.1, -0.05) is 48.5 Å². The lowest BCUT2D eigenvalue weighted by molar-refractivity contribution is -0.385. The Morgan fingerprint density at radius 3 is 2.63 bits per heavy atom. The van der Waals surface area contributed by atoms with Crippen LogP contribution in [0, 0.1) is 10.1 Å². The third-order valence-corrected chi connectivity index (χ3v) is 4.68. The number of aliphatic imine (C=N–C) groups is 1. The lowest BCUT2D eigenvalue weighted by atomic mass is 9.99. The van der Waals surface area contributed by atoms with Gasteiger partial charge in [-0.05, 0) is 18.9 Å². The molecule has 0 bridgehead atoms. The molecule has 3 rings (SSSR count). The fourth-order valence-electron chi connectivity index (χ4n) is 3.36. The van der Waals surface area contributed by atoms with Crippen LogP contribution in [0.2, 0.25) is 0 Å². The Labute approximate surface area is 176 Å². The van der Waals surface area contributed by atoms with E-state index < -0.39 is 0 Å².